The summed E-state index contributed by atoms with van der Waals surface area (Å²) in [5, 5.41) is 19.8. The van der Waals surface area contributed by atoms with Crippen molar-refractivity contribution >= 4 is 45.8 Å². The molecule has 13 nitrogen and oxygen atoms in total. The molecule has 1 heterocycles. The molecular weight excluding hydrogens is 698 g/mol. The topological polar surface area (TPSA) is 189 Å². The molecule has 0 spiro atoms. The van der Waals surface area contributed by atoms with Gasteiger partial charge in [0.2, 0.25) is 28.6 Å². The summed E-state index contributed by atoms with van der Waals surface area (Å²) >= 11 is 0. The van der Waals surface area contributed by atoms with Crippen LogP contribution in [0.4, 0.5) is 5.69 Å². The van der Waals surface area contributed by atoms with Crippen molar-refractivity contribution in [1.29, 1.82) is 0 Å². The number of anilines is 1. The Morgan fingerprint density at radius 2 is 1.61 bits per heavy atom. The lowest BCUT2D eigenvalue weighted by molar-refractivity contribution is -0.132. The van der Waals surface area contributed by atoms with Gasteiger partial charge < -0.3 is 36.3 Å². The third-order valence-corrected chi connectivity index (χ3v) is 9.85. The van der Waals surface area contributed by atoms with Gasteiger partial charge in [0.25, 0.3) is 5.91 Å². The van der Waals surface area contributed by atoms with Crippen LogP contribution in [0, 0.1) is 11.3 Å². The van der Waals surface area contributed by atoms with E-state index >= 15 is 0 Å². The molecule has 1 aliphatic rings. The molecule has 3 amide bonds. The Bertz CT molecular complexity index is 1770. The van der Waals surface area contributed by atoms with Crippen molar-refractivity contribution in [3.8, 4) is 11.5 Å². The number of aliphatic hydroxyl groups is 1. The molecule has 278 valence electrons. The van der Waals surface area contributed by atoms with Crippen molar-refractivity contribution in [2.45, 2.75) is 64.1 Å². The van der Waals surface area contributed by atoms with Crippen LogP contribution >= 0.6 is 12.4 Å². The summed E-state index contributed by atoms with van der Waals surface area (Å²) in [6.45, 7) is 8.41. The van der Waals surface area contributed by atoms with Crippen LogP contribution in [0.3, 0.4) is 0 Å². The number of carbonyl (C=O) groups is 3. The fraction of sp³-hybridized carbons (Fsp3) is 0.417. The van der Waals surface area contributed by atoms with Crippen LogP contribution in [-0.2, 0) is 26.0 Å². The number of hydrogen-bond donors (Lipinski definition) is 5. The summed E-state index contributed by atoms with van der Waals surface area (Å²) in [7, 11) is -4.11. The molecular formula is C36H48ClN5O8S. The van der Waals surface area contributed by atoms with E-state index in [2.05, 4.69) is 16.0 Å². The van der Waals surface area contributed by atoms with E-state index in [9.17, 15) is 27.9 Å². The molecule has 0 saturated carbocycles. The highest BCUT2D eigenvalue weighted by atomic mass is 35.5. The van der Waals surface area contributed by atoms with Gasteiger partial charge >= 0.3 is 0 Å². The molecule has 0 unspecified atom stereocenters. The summed E-state index contributed by atoms with van der Waals surface area (Å²) in [5.41, 5.74) is 6.46. The number of ether oxygens (including phenoxy) is 2. The Morgan fingerprint density at radius 1 is 0.922 bits per heavy atom. The molecule has 15 heteroatoms. The number of aliphatic hydroxyl groups excluding tert-OH is 1. The first kappa shape index (κ1) is 41.1. The second-order valence-electron chi connectivity index (χ2n) is 13.8. The molecule has 1 aliphatic heterocycles. The predicted octanol–water partition coefficient (Wildman–Crippen LogP) is 3.12. The summed E-state index contributed by atoms with van der Waals surface area (Å²) in [6.07, 6.45) is -1.18. The normalized spacial score (nSPS) is 14.3. The van der Waals surface area contributed by atoms with Crippen LogP contribution in [0.15, 0.2) is 77.7 Å². The number of benzene rings is 3. The SMILES string of the molecule is CC(C)CN(C[C@@H](O)[C@H](Cc1ccccc1)NC(=O)[C@@H](NC(=O)CNC(=O)c1cccc(N)c1)C(C)(C)C)S(=O)(=O)c1ccc2c(c1)OCO2.Cl. The second-order valence-corrected chi connectivity index (χ2v) is 15.7. The van der Waals surface area contributed by atoms with Gasteiger partial charge in [-0.1, -0.05) is 71.0 Å². The van der Waals surface area contributed by atoms with E-state index in [-0.39, 0.29) is 55.1 Å². The highest BCUT2D eigenvalue weighted by Gasteiger charge is 2.37. The fourth-order valence-electron chi connectivity index (χ4n) is 5.45. The average Bonchev–Trinajstić information content (AvgIpc) is 3.53. The number of amides is 3. The van der Waals surface area contributed by atoms with Crippen LogP contribution in [0.1, 0.15) is 50.5 Å². The zero-order valence-corrected chi connectivity index (χ0v) is 31.1. The zero-order chi connectivity index (χ0) is 36.6. The summed E-state index contributed by atoms with van der Waals surface area (Å²) in [6, 6.07) is 17.8. The number of halogens is 1. The van der Waals surface area contributed by atoms with E-state index in [1.165, 1.54) is 28.6 Å². The highest BCUT2D eigenvalue weighted by Crippen LogP contribution is 2.35. The maximum Gasteiger partial charge on any atom is 0.251 e. The van der Waals surface area contributed by atoms with Crippen LogP contribution < -0.4 is 31.2 Å². The lowest BCUT2D eigenvalue weighted by Crippen LogP contribution is -2.59. The molecule has 6 N–H and O–H groups in total. The monoisotopic (exact) mass is 745 g/mol. The average molecular weight is 746 g/mol. The Hall–Kier alpha value is -4.37. The number of nitrogens with one attached hydrogen (secondary N) is 3. The molecule has 3 aromatic carbocycles. The second kappa shape index (κ2) is 17.7. The highest BCUT2D eigenvalue weighted by molar-refractivity contribution is 7.89. The number of rotatable bonds is 15. The fourth-order valence-corrected chi connectivity index (χ4v) is 7.09. The van der Waals surface area contributed by atoms with Gasteiger partial charge in [0.05, 0.1) is 23.6 Å². The first-order valence-electron chi connectivity index (χ1n) is 16.4. The van der Waals surface area contributed by atoms with Crippen molar-refractivity contribution in [3.63, 3.8) is 0 Å². The van der Waals surface area contributed by atoms with Crippen molar-refractivity contribution in [3.05, 3.63) is 83.9 Å². The maximum absolute atomic E-state index is 13.9. The van der Waals surface area contributed by atoms with Crippen LogP contribution in [0.5, 0.6) is 11.5 Å². The van der Waals surface area contributed by atoms with Gasteiger partial charge in [-0.15, -0.1) is 12.4 Å². The minimum absolute atomic E-state index is 0. The number of nitrogens with two attached hydrogens (primary N) is 1. The molecule has 0 aromatic heterocycles. The Balaban J connectivity index is 0.00000702. The largest absolute Gasteiger partial charge is 0.454 e. The van der Waals surface area contributed by atoms with Crippen LogP contribution in [-0.4, -0.2) is 80.2 Å². The minimum Gasteiger partial charge on any atom is -0.454 e. The van der Waals surface area contributed by atoms with E-state index in [0.717, 1.165) is 5.56 Å². The van der Waals surface area contributed by atoms with Crippen LogP contribution in [0.25, 0.3) is 0 Å². The number of sulfonamides is 1. The maximum atomic E-state index is 13.9. The lowest BCUT2D eigenvalue weighted by atomic mass is 9.85. The van der Waals surface area contributed by atoms with Crippen molar-refractivity contribution in [2.75, 3.05) is 32.2 Å². The third kappa shape index (κ3) is 11.3. The van der Waals surface area contributed by atoms with Crippen molar-refractivity contribution in [1.82, 2.24) is 20.3 Å². The molecule has 0 aliphatic carbocycles. The third-order valence-electron chi connectivity index (χ3n) is 8.02. The summed E-state index contributed by atoms with van der Waals surface area (Å²) in [5.74, 6) is -1.03. The van der Waals surface area contributed by atoms with Gasteiger partial charge in [-0.25, -0.2) is 8.42 Å². The molecule has 51 heavy (non-hydrogen) atoms. The molecule has 3 aromatic rings. The van der Waals surface area contributed by atoms with Gasteiger partial charge in [0, 0.05) is 30.4 Å². The Kier molecular flexibility index (Phi) is 14.3. The van der Waals surface area contributed by atoms with Gasteiger partial charge in [0.1, 0.15) is 6.04 Å². The lowest BCUT2D eigenvalue weighted by Gasteiger charge is -2.34. The number of nitrogens with zero attached hydrogens (tertiary/aromatic N) is 1. The van der Waals surface area contributed by atoms with E-state index in [0.29, 0.717) is 17.2 Å². The smallest absolute Gasteiger partial charge is 0.251 e. The van der Waals surface area contributed by atoms with Crippen LogP contribution in [0.2, 0.25) is 0 Å². The molecule has 3 atom stereocenters. The van der Waals surface area contributed by atoms with Gasteiger partial charge in [-0.3, -0.25) is 14.4 Å². The predicted molar refractivity (Wildman–Crippen MR) is 196 cm³/mol. The molecule has 0 fully saturated rings. The Morgan fingerprint density at radius 3 is 2.25 bits per heavy atom. The standard InChI is InChI=1S/C36H47N5O8S.ClH/c1-23(2)20-41(50(46,47)27-14-15-30-31(18-27)49-22-48-30)21-29(42)28(16-24-10-7-6-8-11-24)39-35(45)33(36(3,4)5)40-32(43)19-38-34(44)25-12-9-13-26(37)17-25;/h6-15,17-18,23,28-29,33,42H,16,19-22,37H2,1-5H3,(H,38,44)(H,39,45)(H,40,43);1H/t28-,29+,33+;/m0./s1. The number of nitrogen functional groups attached to an aromatic ring is 1. The van der Waals surface area contributed by atoms with Gasteiger partial charge in [0.15, 0.2) is 11.5 Å². The Labute approximate surface area is 305 Å². The number of carbonyl (C=O) groups excluding carboxylic acids is 3. The number of hydrogen-bond acceptors (Lipinski definition) is 9. The van der Waals surface area contributed by atoms with E-state index < -0.39 is 57.9 Å². The molecule has 0 saturated heterocycles. The molecule has 0 radical (unpaired) electrons. The van der Waals surface area contributed by atoms with Gasteiger partial charge in [-0.05, 0) is 53.6 Å². The van der Waals surface area contributed by atoms with E-state index in [1.54, 1.807) is 39.0 Å². The zero-order valence-electron chi connectivity index (χ0n) is 29.4. The number of fused-ring (bicyclic) bond motifs is 1. The van der Waals surface area contributed by atoms with Crippen molar-refractivity contribution in [2.24, 2.45) is 11.3 Å². The van der Waals surface area contributed by atoms with E-state index in [4.69, 9.17) is 15.2 Å². The first-order chi connectivity index (χ1) is 23.5. The minimum atomic E-state index is -4.11. The summed E-state index contributed by atoms with van der Waals surface area (Å²) in [4.78, 5) is 39.5. The molecule has 0 bridgehead atoms. The van der Waals surface area contributed by atoms with Gasteiger partial charge in [-0.2, -0.15) is 4.31 Å². The quantitative estimate of drug-likeness (QED) is 0.146. The first-order valence-corrected chi connectivity index (χ1v) is 17.8. The molecule has 4 rings (SSSR count). The van der Waals surface area contributed by atoms with E-state index in [1.807, 2.05) is 44.2 Å². The summed E-state index contributed by atoms with van der Waals surface area (Å²) < 4.78 is 39.8. The van der Waals surface area contributed by atoms with Crippen molar-refractivity contribution < 1.29 is 37.4 Å².